The molecule has 0 atom stereocenters. The molecule has 21 heavy (non-hydrogen) atoms. The summed E-state index contributed by atoms with van der Waals surface area (Å²) in [6, 6.07) is 4.24. The lowest BCUT2D eigenvalue weighted by molar-refractivity contribution is 0.0184. The van der Waals surface area contributed by atoms with E-state index in [4.69, 9.17) is 4.74 Å². The number of amides is 1. The van der Waals surface area contributed by atoms with Gasteiger partial charge < -0.3 is 9.64 Å². The van der Waals surface area contributed by atoms with Crippen LogP contribution in [0.1, 0.15) is 44.9 Å². The van der Waals surface area contributed by atoms with Crippen LogP contribution in [-0.2, 0) is 11.2 Å². The van der Waals surface area contributed by atoms with Gasteiger partial charge in [-0.3, -0.25) is 4.98 Å². The van der Waals surface area contributed by atoms with Crippen LogP contribution < -0.4 is 0 Å². The number of carbonyl (C=O) groups excluding carboxylic acids is 1. The van der Waals surface area contributed by atoms with Gasteiger partial charge in [0.1, 0.15) is 5.60 Å². The third-order valence-electron chi connectivity index (χ3n) is 3.75. The van der Waals surface area contributed by atoms with Crippen LogP contribution in [-0.4, -0.2) is 34.7 Å². The minimum atomic E-state index is -0.414. The fraction of sp³-hybridized carbons (Fsp3) is 0.647. The quantitative estimate of drug-likeness (QED) is 0.836. The lowest BCUT2D eigenvalue weighted by atomic mass is 9.90. The minimum Gasteiger partial charge on any atom is -0.444 e. The molecule has 0 spiro atoms. The maximum atomic E-state index is 12.0. The fourth-order valence-corrected chi connectivity index (χ4v) is 2.71. The Kier molecular flexibility index (Phi) is 4.86. The molecule has 0 aliphatic carbocycles. The average Bonchev–Trinajstić information content (AvgIpc) is 2.37. The molecule has 1 aromatic rings. The molecule has 0 radical (unpaired) electrons. The van der Waals surface area contributed by atoms with E-state index in [9.17, 15) is 4.79 Å². The highest BCUT2D eigenvalue weighted by atomic mass is 16.6. The van der Waals surface area contributed by atoms with E-state index in [0.29, 0.717) is 5.92 Å². The van der Waals surface area contributed by atoms with Gasteiger partial charge in [-0.1, -0.05) is 0 Å². The number of hydrogen-bond acceptors (Lipinski definition) is 3. The molecule has 116 valence electrons. The first-order chi connectivity index (χ1) is 9.83. The van der Waals surface area contributed by atoms with Crippen LogP contribution in [0.5, 0.6) is 0 Å². The summed E-state index contributed by atoms with van der Waals surface area (Å²) >= 11 is 0. The van der Waals surface area contributed by atoms with Gasteiger partial charge in [-0.05, 0) is 70.6 Å². The normalized spacial score (nSPS) is 16.9. The predicted octanol–water partition coefficient (Wildman–Crippen LogP) is 3.58. The van der Waals surface area contributed by atoms with Gasteiger partial charge in [0.2, 0.25) is 0 Å². The molecule has 0 saturated carbocycles. The van der Waals surface area contributed by atoms with E-state index in [1.165, 1.54) is 5.56 Å². The zero-order valence-corrected chi connectivity index (χ0v) is 13.6. The Morgan fingerprint density at radius 3 is 2.62 bits per heavy atom. The Balaban J connectivity index is 1.82. The SMILES string of the molecule is Cc1cc(CC2CCN(C(=O)OC(C)(C)C)CC2)ccn1. The number of likely N-dealkylation sites (tertiary alicyclic amines) is 1. The Morgan fingerprint density at radius 2 is 2.05 bits per heavy atom. The molecule has 2 heterocycles. The van der Waals surface area contributed by atoms with Gasteiger partial charge in [-0.2, -0.15) is 0 Å². The van der Waals surface area contributed by atoms with Gasteiger partial charge in [0.05, 0.1) is 0 Å². The number of hydrogen-bond donors (Lipinski definition) is 0. The summed E-state index contributed by atoms with van der Waals surface area (Å²) in [6.07, 6.45) is 4.86. The molecule has 1 saturated heterocycles. The Hall–Kier alpha value is -1.58. The first kappa shape index (κ1) is 15.8. The van der Waals surface area contributed by atoms with Gasteiger partial charge in [0.25, 0.3) is 0 Å². The van der Waals surface area contributed by atoms with Crippen molar-refractivity contribution in [1.82, 2.24) is 9.88 Å². The topological polar surface area (TPSA) is 42.4 Å². The van der Waals surface area contributed by atoms with Crippen LogP contribution in [0.4, 0.5) is 4.79 Å². The Bertz CT molecular complexity index is 486. The van der Waals surface area contributed by atoms with Crippen molar-refractivity contribution in [3.05, 3.63) is 29.6 Å². The summed E-state index contributed by atoms with van der Waals surface area (Å²) in [7, 11) is 0. The number of nitrogens with zero attached hydrogens (tertiary/aromatic N) is 2. The van der Waals surface area contributed by atoms with E-state index in [2.05, 4.69) is 17.1 Å². The van der Waals surface area contributed by atoms with Crippen LogP contribution in [0, 0.1) is 12.8 Å². The highest BCUT2D eigenvalue weighted by Crippen LogP contribution is 2.23. The molecular weight excluding hydrogens is 264 g/mol. The first-order valence-electron chi connectivity index (χ1n) is 7.73. The number of pyridine rings is 1. The van der Waals surface area contributed by atoms with E-state index in [0.717, 1.165) is 38.0 Å². The molecule has 1 amide bonds. The van der Waals surface area contributed by atoms with Crippen LogP contribution in [0.15, 0.2) is 18.3 Å². The van der Waals surface area contributed by atoms with Crippen molar-refractivity contribution in [2.45, 2.75) is 52.6 Å². The maximum Gasteiger partial charge on any atom is 0.410 e. The van der Waals surface area contributed by atoms with Crippen molar-refractivity contribution >= 4 is 6.09 Å². The van der Waals surface area contributed by atoms with Crippen molar-refractivity contribution in [3.63, 3.8) is 0 Å². The Labute approximate surface area is 127 Å². The van der Waals surface area contributed by atoms with Crippen molar-refractivity contribution in [2.24, 2.45) is 5.92 Å². The molecule has 1 aromatic heterocycles. The summed E-state index contributed by atoms with van der Waals surface area (Å²) < 4.78 is 5.43. The molecule has 0 N–H and O–H groups in total. The molecule has 0 aromatic carbocycles. The van der Waals surface area contributed by atoms with E-state index < -0.39 is 5.60 Å². The molecule has 0 bridgehead atoms. The standard InChI is InChI=1S/C17H26N2O2/c1-13-11-15(5-8-18-13)12-14-6-9-19(10-7-14)16(20)21-17(2,3)4/h5,8,11,14H,6-7,9-10,12H2,1-4H3. The number of aromatic nitrogens is 1. The molecule has 2 rings (SSSR count). The van der Waals surface area contributed by atoms with Gasteiger partial charge in [0, 0.05) is 25.0 Å². The second-order valence-corrected chi connectivity index (χ2v) is 6.92. The fourth-order valence-electron chi connectivity index (χ4n) is 2.71. The molecule has 0 unspecified atom stereocenters. The zero-order chi connectivity index (χ0) is 15.5. The molecule has 1 fully saturated rings. The van der Waals surface area contributed by atoms with E-state index >= 15 is 0 Å². The van der Waals surface area contributed by atoms with Gasteiger partial charge in [-0.25, -0.2) is 4.79 Å². The van der Waals surface area contributed by atoms with E-state index in [1.54, 1.807) is 0 Å². The van der Waals surface area contributed by atoms with Gasteiger partial charge in [-0.15, -0.1) is 0 Å². The van der Waals surface area contributed by atoms with E-state index in [-0.39, 0.29) is 6.09 Å². The van der Waals surface area contributed by atoms with Gasteiger partial charge >= 0.3 is 6.09 Å². The number of ether oxygens (including phenoxy) is 1. The highest BCUT2D eigenvalue weighted by molar-refractivity contribution is 5.68. The zero-order valence-electron chi connectivity index (χ0n) is 13.6. The van der Waals surface area contributed by atoms with Crippen molar-refractivity contribution in [2.75, 3.05) is 13.1 Å². The molecule has 1 aliphatic rings. The van der Waals surface area contributed by atoms with Crippen LogP contribution in [0.25, 0.3) is 0 Å². The largest absolute Gasteiger partial charge is 0.444 e. The number of rotatable bonds is 2. The second-order valence-electron chi connectivity index (χ2n) is 6.92. The highest BCUT2D eigenvalue weighted by Gasteiger charge is 2.26. The second kappa shape index (κ2) is 6.46. The first-order valence-corrected chi connectivity index (χ1v) is 7.73. The van der Waals surface area contributed by atoms with Crippen molar-refractivity contribution in [1.29, 1.82) is 0 Å². The monoisotopic (exact) mass is 290 g/mol. The molecule has 4 nitrogen and oxygen atoms in total. The third kappa shape index (κ3) is 5.03. The molecular formula is C17H26N2O2. The number of piperidine rings is 1. The summed E-state index contributed by atoms with van der Waals surface area (Å²) in [5, 5.41) is 0. The smallest absolute Gasteiger partial charge is 0.410 e. The minimum absolute atomic E-state index is 0.180. The molecule has 4 heteroatoms. The van der Waals surface area contributed by atoms with E-state index in [1.807, 2.05) is 38.8 Å². The van der Waals surface area contributed by atoms with Crippen LogP contribution >= 0.6 is 0 Å². The van der Waals surface area contributed by atoms with Gasteiger partial charge in [0.15, 0.2) is 0 Å². The molecule has 1 aliphatic heterocycles. The average molecular weight is 290 g/mol. The predicted molar refractivity (Wildman–Crippen MR) is 83.2 cm³/mol. The van der Waals surface area contributed by atoms with Crippen molar-refractivity contribution < 1.29 is 9.53 Å². The lowest BCUT2D eigenvalue weighted by Gasteiger charge is -2.33. The van der Waals surface area contributed by atoms with Crippen LogP contribution in [0.2, 0.25) is 0 Å². The number of carbonyl (C=O) groups is 1. The van der Waals surface area contributed by atoms with Crippen LogP contribution in [0.3, 0.4) is 0 Å². The lowest BCUT2D eigenvalue weighted by Crippen LogP contribution is -2.42. The summed E-state index contributed by atoms with van der Waals surface area (Å²) in [5.74, 6) is 0.644. The van der Waals surface area contributed by atoms with Crippen molar-refractivity contribution in [3.8, 4) is 0 Å². The summed E-state index contributed by atoms with van der Waals surface area (Å²) in [5.41, 5.74) is 2.00. The maximum absolute atomic E-state index is 12.0. The third-order valence-corrected chi connectivity index (χ3v) is 3.75. The Morgan fingerprint density at radius 1 is 1.38 bits per heavy atom. The number of aryl methyl sites for hydroxylation is 1. The summed E-state index contributed by atoms with van der Waals surface area (Å²) in [6.45, 7) is 9.33. The summed E-state index contributed by atoms with van der Waals surface area (Å²) in [4.78, 5) is 18.1.